The maximum atomic E-state index is 13.0. The topological polar surface area (TPSA) is 87.5 Å². The van der Waals surface area contributed by atoms with Crippen LogP contribution in [0.3, 0.4) is 0 Å². The summed E-state index contributed by atoms with van der Waals surface area (Å²) < 4.78 is 29.5. The quantitative estimate of drug-likeness (QED) is 0.348. The maximum Gasteiger partial charge on any atom is 0.251 e. The summed E-state index contributed by atoms with van der Waals surface area (Å²) in [5, 5.41) is 3.01. The van der Waals surface area contributed by atoms with Gasteiger partial charge in [0.25, 0.3) is 5.91 Å². The first-order chi connectivity index (χ1) is 18.9. The van der Waals surface area contributed by atoms with E-state index in [1.807, 2.05) is 66.2 Å². The molecule has 3 aromatic carbocycles. The summed E-state index contributed by atoms with van der Waals surface area (Å²) in [6, 6.07) is 22.8. The van der Waals surface area contributed by atoms with Crippen LogP contribution in [0.1, 0.15) is 32.6 Å². The maximum absolute atomic E-state index is 13.0. The van der Waals surface area contributed by atoms with Crippen LogP contribution in [0.5, 0.6) is 0 Å². The molecule has 1 N–H and O–H groups in total. The standard InChI is InChI=1S/C30H33N5O3S/c1-24-5-11-29(12-6-24)39(37,38)35-17-15-33(16-18-35)21-25-7-9-28(10-8-25)30(36)32-20-26-3-2-4-27(19-26)22-34-14-13-31-23-34/h2-14,19,23H,15-18,20-22H2,1H3,(H,32,36). The smallest absolute Gasteiger partial charge is 0.251 e. The Morgan fingerprint density at radius 3 is 2.28 bits per heavy atom. The summed E-state index contributed by atoms with van der Waals surface area (Å²) in [7, 11) is -3.47. The van der Waals surface area contributed by atoms with Gasteiger partial charge < -0.3 is 9.88 Å². The third-order valence-corrected chi connectivity index (χ3v) is 8.89. The molecule has 2 heterocycles. The van der Waals surface area contributed by atoms with Gasteiger partial charge in [0.05, 0.1) is 11.2 Å². The average Bonchev–Trinajstić information content (AvgIpc) is 3.46. The number of carbonyl (C=O) groups excluding carboxylic acids is 1. The van der Waals surface area contributed by atoms with E-state index in [4.69, 9.17) is 0 Å². The Hall–Kier alpha value is -3.79. The van der Waals surface area contributed by atoms with Crippen LogP contribution in [0.25, 0.3) is 0 Å². The number of carbonyl (C=O) groups is 1. The molecule has 202 valence electrons. The molecule has 0 unspecified atom stereocenters. The second-order valence-electron chi connectivity index (χ2n) is 9.93. The van der Waals surface area contributed by atoms with Crippen molar-refractivity contribution in [3.8, 4) is 0 Å². The summed E-state index contributed by atoms with van der Waals surface area (Å²) in [6.45, 7) is 6.08. The highest BCUT2D eigenvalue weighted by atomic mass is 32.2. The highest BCUT2D eigenvalue weighted by Gasteiger charge is 2.28. The van der Waals surface area contributed by atoms with Crippen LogP contribution in [0.2, 0.25) is 0 Å². The molecule has 39 heavy (non-hydrogen) atoms. The van der Waals surface area contributed by atoms with Crippen LogP contribution in [-0.2, 0) is 29.7 Å². The number of benzene rings is 3. The van der Waals surface area contributed by atoms with Crippen molar-refractivity contribution in [3.05, 3.63) is 119 Å². The molecular weight excluding hydrogens is 510 g/mol. The summed E-state index contributed by atoms with van der Waals surface area (Å²) >= 11 is 0. The van der Waals surface area contributed by atoms with E-state index in [9.17, 15) is 13.2 Å². The summed E-state index contributed by atoms with van der Waals surface area (Å²) in [6.07, 6.45) is 5.47. The van der Waals surface area contributed by atoms with Crippen molar-refractivity contribution in [3.63, 3.8) is 0 Å². The molecule has 0 spiro atoms. The van der Waals surface area contributed by atoms with Gasteiger partial charge in [0.2, 0.25) is 10.0 Å². The number of aryl methyl sites for hydroxylation is 1. The van der Waals surface area contributed by atoms with E-state index in [-0.39, 0.29) is 5.91 Å². The molecule has 1 fully saturated rings. The van der Waals surface area contributed by atoms with Gasteiger partial charge in [-0.2, -0.15) is 4.31 Å². The van der Waals surface area contributed by atoms with Crippen molar-refractivity contribution >= 4 is 15.9 Å². The number of piperazine rings is 1. The van der Waals surface area contributed by atoms with Crippen molar-refractivity contribution in [2.75, 3.05) is 26.2 Å². The number of hydrogen-bond donors (Lipinski definition) is 1. The van der Waals surface area contributed by atoms with E-state index < -0.39 is 10.0 Å². The molecule has 1 saturated heterocycles. The van der Waals surface area contributed by atoms with Gasteiger partial charge in [-0.25, -0.2) is 13.4 Å². The van der Waals surface area contributed by atoms with Gasteiger partial charge in [0.1, 0.15) is 0 Å². The lowest BCUT2D eigenvalue weighted by Crippen LogP contribution is -2.48. The van der Waals surface area contributed by atoms with Crippen LogP contribution in [0.4, 0.5) is 0 Å². The minimum Gasteiger partial charge on any atom is -0.348 e. The van der Waals surface area contributed by atoms with E-state index in [1.165, 1.54) is 0 Å². The first-order valence-corrected chi connectivity index (χ1v) is 14.5. The zero-order chi connectivity index (χ0) is 27.2. The Balaban J connectivity index is 1.10. The Labute approximate surface area is 230 Å². The number of nitrogens with one attached hydrogen (secondary N) is 1. The monoisotopic (exact) mass is 543 g/mol. The molecule has 0 atom stereocenters. The molecule has 1 aliphatic heterocycles. The highest BCUT2D eigenvalue weighted by Crippen LogP contribution is 2.19. The Bertz CT molecular complexity index is 1490. The molecule has 8 nitrogen and oxygen atoms in total. The van der Waals surface area contributed by atoms with Gasteiger partial charge in [-0.15, -0.1) is 0 Å². The van der Waals surface area contributed by atoms with Crippen molar-refractivity contribution in [2.24, 2.45) is 0 Å². The third kappa shape index (κ3) is 6.81. The number of amides is 1. The number of imidazole rings is 1. The molecule has 0 aliphatic carbocycles. The van der Waals surface area contributed by atoms with E-state index >= 15 is 0 Å². The molecule has 0 bridgehead atoms. The fourth-order valence-electron chi connectivity index (χ4n) is 4.72. The van der Waals surface area contributed by atoms with Gasteiger partial charge in [0, 0.05) is 63.8 Å². The lowest BCUT2D eigenvalue weighted by molar-refractivity contribution is 0.0951. The number of hydrogen-bond acceptors (Lipinski definition) is 5. The van der Waals surface area contributed by atoms with E-state index in [0.29, 0.717) is 49.7 Å². The average molecular weight is 544 g/mol. The van der Waals surface area contributed by atoms with E-state index in [0.717, 1.165) is 28.8 Å². The zero-order valence-electron chi connectivity index (χ0n) is 22.0. The molecule has 4 aromatic rings. The summed E-state index contributed by atoms with van der Waals surface area (Å²) in [4.78, 5) is 19.4. The van der Waals surface area contributed by atoms with Crippen LogP contribution < -0.4 is 5.32 Å². The van der Waals surface area contributed by atoms with Gasteiger partial charge >= 0.3 is 0 Å². The molecule has 0 saturated carbocycles. The van der Waals surface area contributed by atoms with Crippen LogP contribution in [-0.4, -0.2) is 59.3 Å². The molecular formula is C30H33N5O3S. The molecule has 1 aromatic heterocycles. The molecule has 1 amide bonds. The van der Waals surface area contributed by atoms with Gasteiger partial charge in [-0.05, 0) is 47.9 Å². The lowest BCUT2D eigenvalue weighted by atomic mass is 10.1. The fraction of sp³-hybridized carbons (Fsp3) is 0.267. The van der Waals surface area contributed by atoms with Crippen molar-refractivity contribution in [1.82, 2.24) is 24.1 Å². The predicted octanol–water partition coefficient (Wildman–Crippen LogP) is 3.68. The van der Waals surface area contributed by atoms with Gasteiger partial charge in [-0.3, -0.25) is 9.69 Å². The van der Waals surface area contributed by atoms with E-state index in [2.05, 4.69) is 27.3 Å². The Morgan fingerprint density at radius 1 is 0.872 bits per heavy atom. The number of aromatic nitrogens is 2. The fourth-order valence-corrected chi connectivity index (χ4v) is 6.14. The minimum absolute atomic E-state index is 0.114. The third-order valence-electron chi connectivity index (χ3n) is 6.98. The molecule has 0 radical (unpaired) electrons. The lowest BCUT2D eigenvalue weighted by Gasteiger charge is -2.34. The van der Waals surface area contributed by atoms with Crippen molar-refractivity contribution in [1.29, 1.82) is 0 Å². The number of sulfonamides is 1. The second kappa shape index (κ2) is 11.9. The number of nitrogens with zero attached hydrogens (tertiary/aromatic N) is 4. The van der Waals surface area contributed by atoms with Crippen LogP contribution in [0.15, 0.2) is 96.4 Å². The highest BCUT2D eigenvalue weighted by molar-refractivity contribution is 7.89. The van der Waals surface area contributed by atoms with Crippen molar-refractivity contribution in [2.45, 2.75) is 31.5 Å². The van der Waals surface area contributed by atoms with Gasteiger partial charge in [-0.1, -0.05) is 54.1 Å². The molecule has 5 rings (SSSR count). The zero-order valence-corrected chi connectivity index (χ0v) is 22.8. The van der Waals surface area contributed by atoms with E-state index in [1.54, 1.807) is 29.0 Å². The van der Waals surface area contributed by atoms with Gasteiger partial charge in [0.15, 0.2) is 0 Å². The first kappa shape index (κ1) is 26.8. The summed E-state index contributed by atoms with van der Waals surface area (Å²) in [5.41, 5.74) is 4.93. The van der Waals surface area contributed by atoms with Crippen LogP contribution in [0, 0.1) is 6.92 Å². The number of rotatable bonds is 9. The minimum atomic E-state index is -3.47. The second-order valence-corrected chi connectivity index (χ2v) is 11.9. The Morgan fingerprint density at radius 2 is 1.59 bits per heavy atom. The molecule has 1 aliphatic rings. The Kier molecular flexibility index (Phi) is 8.21. The predicted molar refractivity (Wildman–Crippen MR) is 151 cm³/mol. The SMILES string of the molecule is Cc1ccc(S(=O)(=O)N2CCN(Cc3ccc(C(=O)NCc4cccc(Cn5ccnc5)c4)cc3)CC2)cc1. The first-order valence-electron chi connectivity index (χ1n) is 13.1. The largest absolute Gasteiger partial charge is 0.348 e. The molecule has 9 heteroatoms. The normalized spacial score (nSPS) is 14.8. The summed E-state index contributed by atoms with van der Waals surface area (Å²) in [5.74, 6) is -0.114. The van der Waals surface area contributed by atoms with Crippen molar-refractivity contribution < 1.29 is 13.2 Å². The van der Waals surface area contributed by atoms with Crippen LogP contribution >= 0.6 is 0 Å².